The Labute approximate surface area is 156 Å². The van der Waals surface area contributed by atoms with Gasteiger partial charge in [0, 0.05) is 7.05 Å². The van der Waals surface area contributed by atoms with Crippen LogP contribution in [0.2, 0.25) is 10.0 Å². The largest absolute Gasteiger partial charge is 0.481 e. The van der Waals surface area contributed by atoms with E-state index >= 15 is 0 Å². The minimum Gasteiger partial charge on any atom is -0.481 e. The van der Waals surface area contributed by atoms with Gasteiger partial charge in [0.2, 0.25) is 0 Å². The van der Waals surface area contributed by atoms with Gasteiger partial charge in [-0.2, -0.15) is 0 Å². The molecule has 134 valence electrons. The lowest BCUT2D eigenvalue weighted by Crippen LogP contribution is -2.33. The number of halogens is 2. The van der Waals surface area contributed by atoms with E-state index < -0.39 is 16.1 Å². The number of ether oxygens (including phenoxy) is 1. The number of anilines is 1. The number of hydrogen-bond donors (Lipinski definition) is 2. The average molecular weight is 403 g/mol. The Morgan fingerprint density at radius 3 is 2.36 bits per heavy atom. The number of sulfonamides is 1. The van der Waals surface area contributed by atoms with Crippen molar-refractivity contribution in [2.24, 2.45) is 0 Å². The summed E-state index contributed by atoms with van der Waals surface area (Å²) in [5.74, 6) is 0.0878. The maximum absolute atomic E-state index is 12.4. The van der Waals surface area contributed by atoms with E-state index in [9.17, 15) is 13.2 Å². The van der Waals surface area contributed by atoms with Gasteiger partial charge in [-0.05, 0) is 43.3 Å². The summed E-state index contributed by atoms with van der Waals surface area (Å²) in [5, 5.41) is 2.83. The van der Waals surface area contributed by atoms with Crippen LogP contribution in [0.1, 0.15) is 6.92 Å². The molecule has 25 heavy (non-hydrogen) atoms. The second kappa shape index (κ2) is 7.95. The minimum absolute atomic E-state index is 0.0171. The molecular formula is C16H16Cl2N2O4S. The summed E-state index contributed by atoms with van der Waals surface area (Å²) in [6, 6.07) is 10.3. The number of amides is 1. The van der Waals surface area contributed by atoms with Gasteiger partial charge in [0.05, 0.1) is 20.6 Å². The van der Waals surface area contributed by atoms with Crippen LogP contribution in [0.4, 0.5) is 5.69 Å². The average Bonchev–Trinajstić information content (AvgIpc) is 2.58. The summed E-state index contributed by atoms with van der Waals surface area (Å²) in [5.41, 5.74) is 0.183. The molecule has 2 aromatic carbocycles. The van der Waals surface area contributed by atoms with Gasteiger partial charge in [0.15, 0.2) is 6.10 Å². The normalized spacial score (nSPS) is 12.3. The lowest BCUT2D eigenvalue weighted by molar-refractivity contribution is -0.126. The Kier molecular flexibility index (Phi) is 6.16. The van der Waals surface area contributed by atoms with Crippen molar-refractivity contribution in [3.63, 3.8) is 0 Å². The van der Waals surface area contributed by atoms with E-state index in [1.165, 1.54) is 37.4 Å². The number of likely N-dealkylation sites (N-methyl/N-ethyl adjacent to an activating group) is 1. The maximum Gasteiger partial charge on any atom is 0.261 e. The third kappa shape index (κ3) is 4.78. The van der Waals surface area contributed by atoms with Gasteiger partial charge in [0.25, 0.3) is 15.9 Å². The maximum atomic E-state index is 12.4. The molecule has 0 saturated carbocycles. The summed E-state index contributed by atoms with van der Waals surface area (Å²) in [4.78, 5) is 11.5. The van der Waals surface area contributed by atoms with E-state index in [1.54, 1.807) is 19.1 Å². The molecule has 0 spiro atoms. The zero-order valence-corrected chi connectivity index (χ0v) is 15.7. The molecule has 0 aromatic heterocycles. The lowest BCUT2D eigenvalue weighted by atomic mass is 10.3. The van der Waals surface area contributed by atoms with Crippen molar-refractivity contribution >= 4 is 44.8 Å². The molecule has 6 nitrogen and oxygen atoms in total. The molecule has 2 aromatic rings. The number of carbonyl (C=O) groups is 1. The van der Waals surface area contributed by atoms with E-state index in [0.717, 1.165) is 0 Å². The summed E-state index contributed by atoms with van der Waals surface area (Å²) >= 11 is 11.9. The number of carbonyl (C=O) groups excluding carboxylic acids is 1. The number of rotatable bonds is 6. The fraction of sp³-hybridized carbons (Fsp3) is 0.188. The summed E-state index contributed by atoms with van der Waals surface area (Å²) in [7, 11) is -2.34. The van der Waals surface area contributed by atoms with Crippen LogP contribution in [-0.4, -0.2) is 27.5 Å². The Balaban J connectivity index is 2.17. The molecular weight excluding hydrogens is 387 g/mol. The van der Waals surface area contributed by atoms with Crippen molar-refractivity contribution in [2.45, 2.75) is 17.9 Å². The number of nitrogens with one attached hydrogen (secondary N) is 2. The fourth-order valence-electron chi connectivity index (χ4n) is 1.94. The highest BCUT2D eigenvalue weighted by molar-refractivity contribution is 7.92. The predicted molar refractivity (Wildman–Crippen MR) is 97.9 cm³/mol. The van der Waals surface area contributed by atoms with Crippen molar-refractivity contribution in [1.29, 1.82) is 0 Å². The summed E-state index contributed by atoms with van der Waals surface area (Å²) in [6.45, 7) is 1.59. The van der Waals surface area contributed by atoms with Gasteiger partial charge >= 0.3 is 0 Å². The van der Waals surface area contributed by atoms with Gasteiger partial charge in [-0.1, -0.05) is 29.3 Å². The van der Waals surface area contributed by atoms with Gasteiger partial charge < -0.3 is 10.1 Å². The second-order valence-corrected chi connectivity index (χ2v) is 7.52. The van der Waals surface area contributed by atoms with E-state index in [4.69, 9.17) is 27.9 Å². The lowest BCUT2D eigenvalue weighted by Gasteiger charge is -2.14. The van der Waals surface area contributed by atoms with E-state index in [2.05, 4.69) is 10.0 Å². The molecule has 0 aliphatic carbocycles. The Bertz CT molecular complexity index is 870. The number of benzene rings is 2. The Morgan fingerprint density at radius 1 is 1.12 bits per heavy atom. The highest BCUT2D eigenvalue weighted by Crippen LogP contribution is 2.31. The highest BCUT2D eigenvalue weighted by atomic mass is 35.5. The SMILES string of the molecule is CNC(=O)[C@@H](C)Oc1ccc(S(=O)(=O)Nc2cccc(Cl)c2Cl)cc1. The molecule has 0 fully saturated rings. The third-order valence-corrected chi connectivity index (χ3v) is 5.46. The molecule has 0 heterocycles. The van der Waals surface area contributed by atoms with Crippen molar-refractivity contribution in [1.82, 2.24) is 5.32 Å². The molecule has 0 unspecified atom stereocenters. The van der Waals surface area contributed by atoms with Crippen LogP contribution < -0.4 is 14.8 Å². The molecule has 0 radical (unpaired) electrons. The molecule has 0 bridgehead atoms. The van der Waals surface area contributed by atoms with Crippen molar-refractivity contribution in [3.8, 4) is 5.75 Å². The second-order valence-electron chi connectivity index (χ2n) is 5.05. The molecule has 0 aliphatic heterocycles. The van der Waals surface area contributed by atoms with Crippen molar-refractivity contribution in [2.75, 3.05) is 11.8 Å². The first kappa shape index (κ1) is 19.4. The van der Waals surface area contributed by atoms with Gasteiger partial charge in [-0.25, -0.2) is 8.42 Å². The smallest absolute Gasteiger partial charge is 0.261 e. The van der Waals surface area contributed by atoms with E-state index in [0.29, 0.717) is 5.75 Å². The minimum atomic E-state index is -3.85. The van der Waals surface area contributed by atoms with Crippen LogP contribution in [0, 0.1) is 0 Å². The molecule has 1 atom stereocenters. The van der Waals surface area contributed by atoms with Crippen molar-refractivity contribution in [3.05, 3.63) is 52.5 Å². The third-order valence-electron chi connectivity index (χ3n) is 3.26. The Morgan fingerprint density at radius 2 is 1.76 bits per heavy atom. The monoisotopic (exact) mass is 402 g/mol. The first-order chi connectivity index (χ1) is 11.7. The standard InChI is InChI=1S/C16H16Cl2N2O4S/c1-10(16(21)19-2)24-11-6-8-12(9-7-11)25(22,23)20-14-5-3-4-13(17)15(14)18/h3-10,20H,1-2H3,(H,19,21)/t10-/m1/s1. The Hall–Kier alpha value is -1.96. The van der Waals surface area contributed by atoms with Crippen LogP contribution in [-0.2, 0) is 14.8 Å². The molecule has 1 amide bonds. The molecule has 2 N–H and O–H groups in total. The van der Waals surface area contributed by atoms with Crippen LogP contribution >= 0.6 is 23.2 Å². The molecule has 9 heteroatoms. The van der Waals surface area contributed by atoms with Gasteiger partial charge in [-0.3, -0.25) is 9.52 Å². The van der Waals surface area contributed by atoms with Gasteiger partial charge in [0.1, 0.15) is 5.75 Å². The zero-order chi connectivity index (χ0) is 18.6. The highest BCUT2D eigenvalue weighted by Gasteiger charge is 2.18. The first-order valence-corrected chi connectivity index (χ1v) is 9.43. The fourth-order valence-corrected chi connectivity index (χ4v) is 3.42. The summed E-state index contributed by atoms with van der Waals surface area (Å²) in [6.07, 6.45) is -0.698. The van der Waals surface area contributed by atoms with Crippen LogP contribution in [0.15, 0.2) is 47.4 Å². The molecule has 0 saturated heterocycles. The molecule has 0 aliphatic rings. The van der Waals surface area contributed by atoms with Gasteiger partial charge in [-0.15, -0.1) is 0 Å². The van der Waals surface area contributed by atoms with E-state index in [1.807, 2.05) is 0 Å². The van der Waals surface area contributed by atoms with E-state index in [-0.39, 0.29) is 26.5 Å². The summed E-state index contributed by atoms with van der Waals surface area (Å²) < 4.78 is 32.7. The van der Waals surface area contributed by atoms with Crippen LogP contribution in [0.5, 0.6) is 5.75 Å². The quantitative estimate of drug-likeness (QED) is 0.775. The topological polar surface area (TPSA) is 84.5 Å². The predicted octanol–water partition coefficient (Wildman–Crippen LogP) is 3.31. The van der Waals surface area contributed by atoms with Crippen LogP contribution in [0.25, 0.3) is 0 Å². The molecule has 2 rings (SSSR count). The number of hydrogen-bond acceptors (Lipinski definition) is 4. The first-order valence-electron chi connectivity index (χ1n) is 7.19. The van der Waals surface area contributed by atoms with Crippen molar-refractivity contribution < 1.29 is 17.9 Å². The van der Waals surface area contributed by atoms with Crippen LogP contribution in [0.3, 0.4) is 0 Å². The zero-order valence-electron chi connectivity index (χ0n) is 13.4.